The molecule has 0 aliphatic heterocycles. The Morgan fingerprint density at radius 2 is 2.06 bits per heavy atom. The van der Waals surface area contributed by atoms with Crippen molar-refractivity contribution >= 4 is 0 Å². The van der Waals surface area contributed by atoms with Gasteiger partial charge in [-0.3, -0.25) is 0 Å². The van der Waals surface area contributed by atoms with Gasteiger partial charge in [-0.1, -0.05) is 11.2 Å². The number of nitrogens with zero attached hydrogens (tertiary/aromatic N) is 3. The summed E-state index contributed by atoms with van der Waals surface area (Å²) < 4.78 is 13.1. The summed E-state index contributed by atoms with van der Waals surface area (Å²) in [5.74, 6) is -0.624. The van der Waals surface area contributed by atoms with Crippen LogP contribution < -0.4 is 0 Å². The van der Waals surface area contributed by atoms with Gasteiger partial charge in [-0.05, 0) is 28.8 Å². The van der Waals surface area contributed by atoms with E-state index < -0.39 is 18.0 Å². The summed E-state index contributed by atoms with van der Waals surface area (Å²) >= 11 is 0. The van der Waals surface area contributed by atoms with E-state index in [4.69, 9.17) is 10.6 Å². The molecule has 3 N–H and O–H groups in total. The molecule has 0 amide bonds. The minimum atomic E-state index is -1.37. The Balaban J connectivity index is 2.90. The van der Waals surface area contributed by atoms with Crippen molar-refractivity contribution in [1.82, 2.24) is 0 Å². The molecule has 92 valence electrons. The Morgan fingerprint density at radius 1 is 1.35 bits per heavy atom. The van der Waals surface area contributed by atoms with Crippen LogP contribution in [0.15, 0.2) is 23.3 Å². The molecule has 0 fully saturated rings. The number of rotatable bonds is 5. The molecule has 0 saturated carbocycles. The third-order valence-electron chi connectivity index (χ3n) is 2.20. The number of benzene rings is 1. The minimum absolute atomic E-state index is 0.120. The van der Waals surface area contributed by atoms with Crippen LogP contribution in [0, 0.1) is 5.82 Å². The van der Waals surface area contributed by atoms with Crippen LogP contribution >= 0.6 is 0 Å². The quantitative estimate of drug-likeness (QED) is 0.406. The molecular formula is C10H12FN3O3. The smallest absolute Gasteiger partial charge is 0.123 e. The maximum atomic E-state index is 13.1. The lowest BCUT2D eigenvalue weighted by atomic mass is 10.0. The fourth-order valence-electron chi connectivity index (χ4n) is 1.38. The van der Waals surface area contributed by atoms with Crippen molar-refractivity contribution in [3.05, 3.63) is 45.6 Å². The van der Waals surface area contributed by atoms with Crippen LogP contribution in [0.5, 0.6) is 0 Å². The van der Waals surface area contributed by atoms with E-state index in [0.717, 1.165) is 12.1 Å². The highest BCUT2D eigenvalue weighted by Gasteiger charge is 2.18. The van der Waals surface area contributed by atoms with Gasteiger partial charge < -0.3 is 15.3 Å². The number of aliphatic hydroxyl groups is 3. The number of halogens is 1. The lowest BCUT2D eigenvalue weighted by Gasteiger charge is -2.17. The normalized spacial score (nSPS) is 13.9. The second kappa shape index (κ2) is 6.17. The summed E-state index contributed by atoms with van der Waals surface area (Å²) in [4.78, 5) is 2.44. The summed E-state index contributed by atoms with van der Waals surface area (Å²) in [5, 5.41) is 31.1. The zero-order valence-electron chi connectivity index (χ0n) is 8.86. The molecule has 0 aromatic heterocycles. The summed E-state index contributed by atoms with van der Waals surface area (Å²) in [6.45, 7) is -0.688. The lowest BCUT2D eigenvalue weighted by Crippen LogP contribution is -2.21. The van der Waals surface area contributed by atoms with Crippen molar-refractivity contribution < 1.29 is 19.7 Å². The van der Waals surface area contributed by atoms with E-state index in [1.165, 1.54) is 6.07 Å². The Morgan fingerprint density at radius 3 is 2.65 bits per heavy atom. The van der Waals surface area contributed by atoms with Crippen molar-refractivity contribution in [2.45, 2.75) is 18.8 Å². The predicted molar refractivity (Wildman–Crippen MR) is 57.3 cm³/mol. The zero-order chi connectivity index (χ0) is 12.8. The van der Waals surface area contributed by atoms with Gasteiger partial charge in [-0.25, -0.2) is 4.39 Å². The van der Waals surface area contributed by atoms with Gasteiger partial charge in [0.1, 0.15) is 11.9 Å². The van der Waals surface area contributed by atoms with E-state index in [-0.39, 0.29) is 24.3 Å². The Bertz CT molecular complexity index is 435. The maximum Gasteiger partial charge on any atom is 0.123 e. The van der Waals surface area contributed by atoms with Gasteiger partial charge in [0, 0.05) is 4.91 Å². The highest BCUT2D eigenvalue weighted by molar-refractivity contribution is 5.26. The molecular weight excluding hydrogens is 229 g/mol. The third kappa shape index (κ3) is 3.69. The van der Waals surface area contributed by atoms with Crippen LogP contribution in [0.1, 0.15) is 17.2 Å². The van der Waals surface area contributed by atoms with Crippen molar-refractivity contribution in [1.29, 1.82) is 0 Å². The van der Waals surface area contributed by atoms with Crippen LogP contribution in [-0.2, 0) is 6.61 Å². The van der Waals surface area contributed by atoms with E-state index in [1.807, 2.05) is 0 Å². The van der Waals surface area contributed by atoms with Gasteiger partial charge in [0.05, 0.1) is 19.3 Å². The molecule has 2 atom stereocenters. The molecule has 1 aromatic carbocycles. The van der Waals surface area contributed by atoms with Gasteiger partial charge in [-0.15, -0.1) is 0 Å². The van der Waals surface area contributed by atoms with Crippen molar-refractivity contribution in [2.75, 3.05) is 6.54 Å². The highest BCUT2D eigenvalue weighted by Crippen LogP contribution is 2.20. The van der Waals surface area contributed by atoms with Gasteiger partial charge in [0.2, 0.25) is 0 Å². The SMILES string of the molecule is [N-]=[N+]=NCC(O)C(O)c1cc(F)cc(CO)c1. The van der Waals surface area contributed by atoms with Crippen LogP contribution in [0.2, 0.25) is 0 Å². The first kappa shape index (κ1) is 13.4. The topological polar surface area (TPSA) is 109 Å². The van der Waals surface area contributed by atoms with Crippen LogP contribution in [-0.4, -0.2) is 28.0 Å². The molecule has 1 rings (SSSR count). The average Bonchev–Trinajstić information content (AvgIpc) is 2.34. The summed E-state index contributed by atoms with van der Waals surface area (Å²) in [7, 11) is 0. The third-order valence-corrected chi connectivity index (χ3v) is 2.20. The monoisotopic (exact) mass is 241 g/mol. The minimum Gasteiger partial charge on any atom is -0.392 e. The van der Waals surface area contributed by atoms with Crippen molar-refractivity contribution in [2.24, 2.45) is 5.11 Å². The lowest BCUT2D eigenvalue weighted by molar-refractivity contribution is 0.0241. The van der Waals surface area contributed by atoms with E-state index in [1.54, 1.807) is 0 Å². The molecule has 0 aliphatic carbocycles. The molecule has 0 radical (unpaired) electrons. The molecule has 17 heavy (non-hydrogen) atoms. The van der Waals surface area contributed by atoms with Crippen LogP contribution in [0.25, 0.3) is 10.4 Å². The molecule has 0 saturated heterocycles. The highest BCUT2D eigenvalue weighted by atomic mass is 19.1. The number of azide groups is 1. The second-order valence-corrected chi connectivity index (χ2v) is 3.48. The number of hydrogen-bond acceptors (Lipinski definition) is 4. The van der Waals surface area contributed by atoms with E-state index in [9.17, 15) is 14.6 Å². The molecule has 0 bridgehead atoms. The van der Waals surface area contributed by atoms with Gasteiger partial charge in [0.25, 0.3) is 0 Å². The maximum absolute atomic E-state index is 13.1. The fraction of sp³-hybridized carbons (Fsp3) is 0.400. The Hall–Kier alpha value is -1.66. The second-order valence-electron chi connectivity index (χ2n) is 3.48. The first-order valence-corrected chi connectivity index (χ1v) is 4.85. The first-order valence-electron chi connectivity index (χ1n) is 4.85. The van der Waals surface area contributed by atoms with Gasteiger partial charge >= 0.3 is 0 Å². The Kier molecular flexibility index (Phi) is 4.86. The zero-order valence-corrected chi connectivity index (χ0v) is 8.86. The molecule has 1 aromatic rings. The summed E-state index contributed by atoms with van der Waals surface area (Å²) in [5.41, 5.74) is 8.47. The van der Waals surface area contributed by atoms with Crippen LogP contribution in [0.3, 0.4) is 0 Å². The average molecular weight is 241 g/mol. The summed E-state index contributed by atoms with van der Waals surface area (Å²) in [6, 6.07) is 3.53. The molecule has 7 heteroatoms. The molecule has 0 spiro atoms. The van der Waals surface area contributed by atoms with E-state index in [2.05, 4.69) is 10.0 Å². The molecule has 0 heterocycles. The molecule has 6 nitrogen and oxygen atoms in total. The first-order chi connectivity index (χ1) is 8.08. The molecule has 2 unspecified atom stereocenters. The Labute approximate surface area is 96.6 Å². The summed E-state index contributed by atoms with van der Waals surface area (Å²) in [6.07, 6.45) is -2.69. The number of aliphatic hydroxyl groups excluding tert-OH is 3. The number of hydrogen-bond donors (Lipinski definition) is 3. The van der Waals surface area contributed by atoms with Gasteiger partial charge in [-0.2, -0.15) is 0 Å². The standard InChI is InChI=1S/C10H12FN3O3/c11-8-2-6(5-15)1-7(3-8)10(17)9(16)4-13-14-12/h1-3,9-10,15-17H,4-5H2. The van der Waals surface area contributed by atoms with Gasteiger partial charge in [0.15, 0.2) is 0 Å². The van der Waals surface area contributed by atoms with E-state index >= 15 is 0 Å². The van der Waals surface area contributed by atoms with Crippen molar-refractivity contribution in [3.8, 4) is 0 Å². The largest absolute Gasteiger partial charge is 0.392 e. The van der Waals surface area contributed by atoms with E-state index in [0.29, 0.717) is 0 Å². The van der Waals surface area contributed by atoms with Crippen molar-refractivity contribution in [3.63, 3.8) is 0 Å². The predicted octanol–water partition coefficient (Wildman–Crippen LogP) is 1.02. The molecule has 0 aliphatic rings. The van der Waals surface area contributed by atoms with Crippen LogP contribution in [0.4, 0.5) is 4.39 Å². The fourth-order valence-corrected chi connectivity index (χ4v) is 1.38.